The second-order valence-corrected chi connectivity index (χ2v) is 0.835. The molecule has 0 aliphatic carbocycles. The van der Waals surface area contributed by atoms with E-state index in [4.69, 9.17) is 0 Å². The third kappa shape index (κ3) is 1.83. The van der Waals surface area contributed by atoms with Crippen molar-refractivity contribution in [2.24, 2.45) is 0 Å². The predicted molar refractivity (Wildman–Crippen MR) is 22.8 cm³/mol. The Balaban J connectivity index is 0.000000360. The third-order valence-corrected chi connectivity index (χ3v) is 0.434. The van der Waals surface area contributed by atoms with Crippen molar-refractivity contribution < 1.29 is 5.48 Å². The van der Waals surface area contributed by atoms with Gasteiger partial charge in [-0.25, -0.2) is 0 Å². The molecule has 36 valence electrons. The highest BCUT2D eigenvalue weighted by atomic mass is 16.0. The number of hydrogen-bond acceptors (Lipinski definition) is 2. The van der Waals surface area contributed by atoms with Crippen LogP contribution >= 0.6 is 0 Å². The molecule has 1 aromatic rings. The predicted octanol–water partition coefficient (Wildman–Crippen LogP) is 0.1000. The number of nitrogens with zero attached hydrogens (tertiary/aromatic N) is 2. The molecule has 0 unspecified atom stereocenters. The Morgan fingerprint density at radius 2 is 2.14 bits per heavy atom. The molecule has 0 saturated carbocycles. The van der Waals surface area contributed by atoms with Gasteiger partial charge in [-0.3, -0.25) is 15.4 Å². The van der Waals surface area contributed by atoms with Gasteiger partial charge in [-0.1, -0.05) is 0 Å². The minimum atomic E-state index is 0. The lowest BCUT2D eigenvalue weighted by atomic mass is 10.8. The van der Waals surface area contributed by atoms with E-state index < -0.39 is 0 Å². The minimum Gasteiger partial charge on any atom is -0.261 e. The summed E-state index contributed by atoms with van der Waals surface area (Å²) >= 11 is 0. The summed E-state index contributed by atoms with van der Waals surface area (Å²) in [5.41, 5.74) is 0. The maximum atomic E-state index is 3.67. The van der Waals surface area contributed by atoms with Crippen LogP contribution in [0.4, 0.5) is 0 Å². The second-order valence-electron chi connectivity index (χ2n) is 0.835. The number of hydrogen-bond donors (Lipinski definition) is 1. The first-order valence-corrected chi connectivity index (χ1v) is 1.62. The molecule has 0 bridgehead atoms. The molecule has 1 N–H and O–H groups in total. The molecule has 3 heteroatoms. The molecule has 3 nitrogen and oxygen atoms in total. The van der Waals surface area contributed by atoms with Crippen LogP contribution in [-0.2, 0) is 0 Å². The largest absolute Gasteiger partial charge is 0.261 e. The van der Waals surface area contributed by atoms with Gasteiger partial charge < -0.3 is 0 Å². The van der Waals surface area contributed by atoms with Gasteiger partial charge in [-0.15, -0.1) is 0 Å². The van der Waals surface area contributed by atoms with Gasteiger partial charge in [-0.05, 0) is 0 Å². The van der Waals surface area contributed by atoms with Crippen molar-refractivity contribution in [1.29, 1.82) is 0 Å². The van der Waals surface area contributed by atoms with E-state index in [2.05, 4.69) is 16.2 Å². The van der Waals surface area contributed by atoms with Crippen molar-refractivity contribution in [3.63, 3.8) is 0 Å². The zero-order valence-electron chi connectivity index (χ0n) is 3.57. The Bertz CT molecular complexity index is 81.6. The highest BCUT2D eigenvalue weighted by Crippen LogP contribution is 1.64. The molecule has 1 heterocycles. The molecule has 0 aromatic carbocycles. The Morgan fingerprint density at radius 1 is 1.29 bits per heavy atom. The van der Waals surface area contributed by atoms with Crippen molar-refractivity contribution in [2.75, 3.05) is 0 Å². The van der Waals surface area contributed by atoms with Crippen LogP contribution in [0.25, 0.3) is 0 Å². The number of aromatic nitrogens is 2. The zero-order chi connectivity index (χ0) is 4.24. The first kappa shape index (κ1) is 6.04. The smallest absolute Gasteiger partial charge is 0.108 e. The molecule has 1 aromatic heterocycles. The van der Waals surface area contributed by atoms with Gasteiger partial charge in [0, 0.05) is 12.4 Å². The highest BCUT2D eigenvalue weighted by Gasteiger charge is 1.60. The van der Waals surface area contributed by atoms with Gasteiger partial charge in [-0.2, -0.15) is 0 Å². The maximum Gasteiger partial charge on any atom is 0.108 e. The summed E-state index contributed by atoms with van der Waals surface area (Å²) in [5.74, 6) is 0. The van der Waals surface area contributed by atoms with Gasteiger partial charge in [0.2, 0.25) is 0 Å². The minimum absolute atomic E-state index is 0. The first-order chi connectivity index (χ1) is 3.00. The average molecular weight is 96.1 g/mol. The summed E-state index contributed by atoms with van der Waals surface area (Å²) in [6.45, 7) is 0. The molecule has 7 heavy (non-hydrogen) atoms. The molecular formula is C4H4N2O. The molecule has 0 aliphatic heterocycles. The fourth-order valence-electron chi connectivity index (χ4n) is 0.225. The topological polar surface area (TPSA) is 55.8 Å². The third-order valence-electron chi connectivity index (χ3n) is 0.434. The highest BCUT2D eigenvalue weighted by molar-refractivity contribution is 4.68. The molecule has 2 radical (unpaired) electrons. The van der Waals surface area contributed by atoms with E-state index >= 15 is 0 Å². The van der Waals surface area contributed by atoms with E-state index in [1.54, 1.807) is 12.4 Å². The lowest BCUT2D eigenvalue weighted by Gasteiger charge is -1.68. The summed E-state index contributed by atoms with van der Waals surface area (Å²) in [6, 6.07) is 0. The molecular weight excluding hydrogens is 92.1 g/mol. The van der Waals surface area contributed by atoms with E-state index in [1.807, 2.05) is 0 Å². The molecule has 1 rings (SSSR count). The van der Waals surface area contributed by atoms with E-state index in [0.717, 1.165) is 0 Å². The van der Waals surface area contributed by atoms with Crippen LogP contribution in [0.15, 0.2) is 18.6 Å². The standard InChI is InChI=1S/C4H3N2.HO/c1-2-6-4-3-5-1;/h1-3H;1H. The Labute approximate surface area is 41.4 Å². The van der Waals surface area contributed by atoms with Crippen molar-refractivity contribution in [3.8, 4) is 0 Å². The van der Waals surface area contributed by atoms with Crippen molar-refractivity contribution >= 4 is 0 Å². The van der Waals surface area contributed by atoms with Crippen molar-refractivity contribution in [1.82, 2.24) is 9.97 Å². The fraction of sp³-hybridized carbons (Fsp3) is 0. The van der Waals surface area contributed by atoms with Crippen LogP contribution in [0.5, 0.6) is 0 Å². The van der Waals surface area contributed by atoms with Crippen LogP contribution in [0.1, 0.15) is 0 Å². The summed E-state index contributed by atoms with van der Waals surface area (Å²) in [6.07, 6.45) is 7.24. The van der Waals surface area contributed by atoms with E-state index in [1.165, 1.54) is 6.20 Å². The zero-order valence-corrected chi connectivity index (χ0v) is 3.57. The van der Waals surface area contributed by atoms with E-state index in [9.17, 15) is 0 Å². The van der Waals surface area contributed by atoms with Gasteiger partial charge >= 0.3 is 0 Å². The van der Waals surface area contributed by atoms with Crippen LogP contribution < -0.4 is 0 Å². The summed E-state index contributed by atoms with van der Waals surface area (Å²) < 4.78 is 0. The maximum absolute atomic E-state index is 3.67. The molecule has 0 fully saturated rings. The molecule has 0 amide bonds. The Hall–Kier alpha value is -0.960. The second kappa shape index (κ2) is 3.24. The number of rotatable bonds is 0. The van der Waals surface area contributed by atoms with Gasteiger partial charge in [0.15, 0.2) is 0 Å². The summed E-state index contributed by atoms with van der Waals surface area (Å²) in [5, 5.41) is 0. The van der Waals surface area contributed by atoms with Crippen LogP contribution in [-0.4, -0.2) is 15.4 Å². The summed E-state index contributed by atoms with van der Waals surface area (Å²) in [4.78, 5) is 7.26. The lowest BCUT2D eigenvalue weighted by molar-refractivity contribution is 0.824. The van der Waals surface area contributed by atoms with Crippen molar-refractivity contribution in [2.45, 2.75) is 0 Å². The van der Waals surface area contributed by atoms with Crippen LogP contribution in [0.3, 0.4) is 0 Å². The molecule has 0 aliphatic rings. The summed E-state index contributed by atoms with van der Waals surface area (Å²) in [7, 11) is 0. The molecule has 0 atom stereocenters. The Kier molecular flexibility index (Phi) is 2.79. The van der Waals surface area contributed by atoms with Crippen LogP contribution in [0, 0.1) is 6.20 Å². The van der Waals surface area contributed by atoms with Gasteiger partial charge in [0.05, 0.1) is 6.20 Å². The molecule has 0 saturated heterocycles. The van der Waals surface area contributed by atoms with E-state index in [0.29, 0.717) is 0 Å². The quantitative estimate of drug-likeness (QED) is 0.498. The first-order valence-electron chi connectivity index (χ1n) is 1.62. The monoisotopic (exact) mass is 96.0 g/mol. The lowest BCUT2D eigenvalue weighted by Crippen LogP contribution is -1.67. The van der Waals surface area contributed by atoms with Gasteiger partial charge in [0.1, 0.15) is 6.20 Å². The fourth-order valence-corrected chi connectivity index (χ4v) is 0.225. The Morgan fingerprint density at radius 3 is 2.29 bits per heavy atom. The van der Waals surface area contributed by atoms with Crippen LogP contribution in [0.2, 0.25) is 0 Å². The normalized spacial score (nSPS) is 6.86. The van der Waals surface area contributed by atoms with Crippen molar-refractivity contribution in [3.05, 3.63) is 24.8 Å². The van der Waals surface area contributed by atoms with E-state index in [-0.39, 0.29) is 5.48 Å². The van der Waals surface area contributed by atoms with Gasteiger partial charge in [0.25, 0.3) is 0 Å². The SMILES string of the molecule is [OH].[c]1cnccn1. The average Bonchev–Trinajstić information content (AvgIpc) is 1.72. The molecule has 0 spiro atoms.